The average molecular weight is 467 g/mol. The van der Waals surface area contributed by atoms with Crippen LogP contribution in [0.3, 0.4) is 0 Å². The van der Waals surface area contributed by atoms with Crippen LogP contribution in [0.1, 0.15) is 35.5 Å². The number of anilines is 2. The van der Waals surface area contributed by atoms with E-state index in [4.69, 9.17) is 22.7 Å². The van der Waals surface area contributed by atoms with Crippen molar-refractivity contribution in [2.24, 2.45) is 0 Å². The number of hydroxylamine groups is 1. The van der Waals surface area contributed by atoms with Crippen LogP contribution in [0.5, 0.6) is 0 Å². The molecule has 1 aliphatic rings. The summed E-state index contributed by atoms with van der Waals surface area (Å²) in [7, 11) is 0. The fraction of sp³-hybridized carbons (Fsp3) is 0.211. The second-order valence-corrected chi connectivity index (χ2v) is 7.49. The molecule has 2 amide bonds. The molecule has 1 aliphatic heterocycles. The number of carbonyl (C=O) groups excluding carboxylic acids is 2. The maximum atomic E-state index is 14.4. The van der Waals surface area contributed by atoms with Crippen molar-refractivity contribution >= 4 is 40.5 Å². The van der Waals surface area contributed by atoms with Gasteiger partial charge in [0.05, 0.1) is 23.0 Å². The molecule has 1 aromatic carbocycles. The van der Waals surface area contributed by atoms with E-state index in [0.717, 1.165) is 23.2 Å². The molecule has 2 N–H and O–H groups in total. The molecule has 0 spiro atoms. The summed E-state index contributed by atoms with van der Waals surface area (Å²) in [5, 5.41) is 17.3. The van der Waals surface area contributed by atoms with E-state index in [1.54, 1.807) is 0 Å². The van der Waals surface area contributed by atoms with Crippen molar-refractivity contribution in [1.82, 2.24) is 10.5 Å². The third-order valence-electron chi connectivity index (χ3n) is 4.77. The molecule has 0 saturated carbocycles. The Morgan fingerprint density at radius 3 is 2.47 bits per heavy atom. The lowest BCUT2D eigenvalue weighted by molar-refractivity contribution is -0.138. The number of hydrogen-bond acceptors (Lipinski definition) is 6. The number of hydrogen-bond donors (Lipinski definition) is 2. The Morgan fingerprint density at radius 2 is 1.94 bits per heavy atom. The summed E-state index contributed by atoms with van der Waals surface area (Å²) in [6, 6.07) is 5.14. The number of thiocarbonyl (C=S) groups is 1. The topological polar surface area (TPSA) is 110 Å². The Morgan fingerprint density at radius 1 is 1.28 bits per heavy atom. The minimum atomic E-state index is -4.90. The van der Waals surface area contributed by atoms with Gasteiger partial charge in [-0.05, 0) is 50.3 Å². The summed E-state index contributed by atoms with van der Waals surface area (Å²) < 4.78 is 54.4. The average Bonchev–Trinajstić information content (AvgIpc) is 2.90. The molecule has 1 saturated heterocycles. The molecule has 166 valence electrons. The van der Waals surface area contributed by atoms with Gasteiger partial charge in [-0.3, -0.25) is 19.7 Å². The van der Waals surface area contributed by atoms with Crippen molar-refractivity contribution in [2.75, 3.05) is 9.80 Å². The minimum Gasteiger partial charge on any atom is -0.303 e. The molecule has 0 aliphatic carbocycles. The Balaban J connectivity index is 2.10. The highest BCUT2D eigenvalue weighted by Gasteiger charge is 2.51. The van der Waals surface area contributed by atoms with Gasteiger partial charge < -0.3 is 4.90 Å². The van der Waals surface area contributed by atoms with Crippen molar-refractivity contribution in [3.63, 3.8) is 0 Å². The van der Waals surface area contributed by atoms with Gasteiger partial charge in [-0.15, -0.1) is 0 Å². The van der Waals surface area contributed by atoms with Crippen LogP contribution in [0, 0.1) is 17.1 Å². The minimum absolute atomic E-state index is 0.0421. The zero-order valence-electron chi connectivity index (χ0n) is 16.4. The number of benzene rings is 1. The highest BCUT2D eigenvalue weighted by atomic mass is 32.1. The van der Waals surface area contributed by atoms with Crippen LogP contribution in [0.2, 0.25) is 0 Å². The van der Waals surface area contributed by atoms with E-state index in [-0.39, 0.29) is 16.5 Å². The van der Waals surface area contributed by atoms with Crippen LogP contribution in [0.15, 0.2) is 30.5 Å². The Labute approximate surface area is 183 Å². The van der Waals surface area contributed by atoms with Crippen molar-refractivity contribution in [3.8, 4) is 6.07 Å². The first-order valence-corrected chi connectivity index (χ1v) is 9.15. The summed E-state index contributed by atoms with van der Waals surface area (Å²) >= 11 is 5.32. The maximum Gasteiger partial charge on any atom is 0.419 e. The third kappa shape index (κ3) is 3.63. The van der Waals surface area contributed by atoms with E-state index in [9.17, 15) is 27.2 Å². The standard InChI is InChI=1S/C19H13F4N5O3S/c1-18(2)16(30)27(10-5-12(19(21,22)23)14(7-24)25-8-10)17(32)28(18)9-3-4-11(13(20)6-9)15(29)26-31/h3-6,8,31H,1-2H3,(H,26,29). The summed E-state index contributed by atoms with van der Waals surface area (Å²) in [5.74, 6) is -2.85. The van der Waals surface area contributed by atoms with Gasteiger partial charge >= 0.3 is 6.18 Å². The molecular weight excluding hydrogens is 454 g/mol. The normalized spacial score (nSPS) is 15.7. The summed E-state index contributed by atoms with van der Waals surface area (Å²) in [5.41, 5.74) is -3.11. The molecule has 1 aromatic heterocycles. The predicted octanol–water partition coefficient (Wildman–Crippen LogP) is 3.15. The molecule has 1 fully saturated rings. The van der Waals surface area contributed by atoms with Crippen LogP contribution in [0.25, 0.3) is 0 Å². The molecule has 0 bridgehead atoms. The first-order chi connectivity index (χ1) is 14.8. The van der Waals surface area contributed by atoms with E-state index < -0.39 is 46.2 Å². The summed E-state index contributed by atoms with van der Waals surface area (Å²) in [6.45, 7) is 2.85. The van der Waals surface area contributed by atoms with E-state index >= 15 is 0 Å². The number of alkyl halides is 3. The lowest BCUT2D eigenvalue weighted by Crippen LogP contribution is -2.44. The number of carbonyl (C=O) groups is 2. The van der Waals surface area contributed by atoms with Gasteiger partial charge in [-0.1, -0.05) is 0 Å². The quantitative estimate of drug-likeness (QED) is 0.309. The zero-order chi connectivity index (χ0) is 24.0. The van der Waals surface area contributed by atoms with E-state index in [1.165, 1.54) is 36.4 Å². The van der Waals surface area contributed by atoms with Gasteiger partial charge in [0.1, 0.15) is 17.4 Å². The van der Waals surface area contributed by atoms with Gasteiger partial charge in [0, 0.05) is 5.69 Å². The van der Waals surface area contributed by atoms with E-state index in [2.05, 4.69) is 4.98 Å². The lowest BCUT2D eigenvalue weighted by atomic mass is 10.0. The first kappa shape index (κ1) is 23.0. The zero-order valence-corrected chi connectivity index (χ0v) is 17.2. The lowest BCUT2D eigenvalue weighted by Gasteiger charge is -2.29. The van der Waals surface area contributed by atoms with Gasteiger partial charge in [0.15, 0.2) is 10.8 Å². The van der Waals surface area contributed by atoms with Gasteiger partial charge in [-0.2, -0.15) is 18.4 Å². The fourth-order valence-corrected chi connectivity index (χ4v) is 3.75. The Bertz CT molecular complexity index is 1190. The SMILES string of the molecule is CC1(C)C(=O)N(c2cnc(C#N)c(C(F)(F)F)c2)C(=S)N1c1ccc(C(=O)NO)c(F)c1. The number of amides is 2. The first-order valence-electron chi connectivity index (χ1n) is 8.74. The number of nitrogens with one attached hydrogen (secondary N) is 1. The maximum absolute atomic E-state index is 14.4. The van der Waals surface area contributed by atoms with E-state index in [1.807, 2.05) is 0 Å². The molecule has 13 heteroatoms. The summed E-state index contributed by atoms with van der Waals surface area (Å²) in [4.78, 5) is 30.1. The van der Waals surface area contributed by atoms with Gasteiger partial charge in [-0.25, -0.2) is 14.9 Å². The number of rotatable bonds is 3. The second-order valence-electron chi connectivity index (χ2n) is 7.12. The van der Waals surface area contributed by atoms with Crippen LogP contribution in [-0.2, 0) is 11.0 Å². The molecule has 32 heavy (non-hydrogen) atoms. The molecule has 0 atom stereocenters. The van der Waals surface area contributed by atoms with Crippen LogP contribution in [0.4, 0.5) is 28.9 Å². The predicted molar refractivity (Wildman–Crippen MR) is 106 cm³/mol. The molecule has 0 unspecified atom stereocenters. The number of aromatic nitrogens is 1. The number of nitrogens with zero attached hydrogens (tertiary/aromatic N) is 4. The fourth-order valence-electron chi connectivity index (χ4n) is 3.22. The number of halogens is 4. The highest BCUT2D eigenvalue weighted by molar-refractivity contribution is 7.81. The molecule has 2 aromatic rings. The van der Waals surface area contributed by atoms with Gasteiger partial charge in [0.25, 0.3) is 11.8 Å². The number of pyridine rings is 1. The van der Waals surface area contributed by atoms with Crippen molar-refractivity contribution in [2.45, 2.75) is 25.6 Å². The monoisotopic (exact) mass is 467 g/mol. The Hall–Kier alpha value is -3.63. The molecule has 3 rings (SSSR count). The van der Waals surface area contributed by atoms with Crippen LogP contribution >= 0.6 is 12.2 Å². The molecule has 0 radical (unpaired) electrons. The molecule has 8 nitrogen and oxygen atoms in total. The Kier molecular flexibility index (Phi) is 5.62. The molecule has 2 heterocycles. The smallest absolute Gasteiger partial charge is 0.303 e. The van der Waals surface area contributed by atoms with Gasteiger partial charge in [0.2, 0.25) is 0 Å². The van der Waals surface area contributed by atoms with Crippen LogP contribution < -0.4 is 15.3 Å². The highest BCUT2D eigenvalue weighted by Crippen LogP contribution is 2.39. The van der Waals surface area contributed by atoms with E-state index in [0.29, 0.717) is 6.07 Å². The van der Waals surface area contributed by atoms with Crippen molar-refractivity contribution < 1.29 is 32.4 Å². The van der Waals surface area contributed by atoms with Crippen molar-refractivity contribution in [1.29, 1.82) is 5.26 Å². The molecular formula is C19H13F4N5O3S. The second kappa shape index (κ2) is 7.81. The summed E-state index contributed by atoms with van der Waals surface area (Å²) in [6.07, 6.45) is -3.99. The largest absolute Gasteiger partial charge is 0.419 e. The third-order valence-corrected chi connectivity index (χ3v) is 5.13. The number of nitriles is 1. The van der Waals surface area contributed by atoms with Crippen LogP contribution in [-0.4, -0.2) is 32.7 Å². The van der Waals surface area contributed by atoms with Crippen molar-refractivity contribution in [3.05, 3.63) is 53.1 Å².